The number of carbonyl (C=O) groups is 1. The second-order valence-electron chi connectivity index (χ2n) is 7.91. The molecular weight excluding hydrogens is 395 g/mol. The molecule has 0 fully saturated rings. The number of hydrogen-bond acceptors (Lipinski definition) is 5. The molecule has 3 aromatic rings. The molecule has 3 N–H and O–H groups in total. The minimum Gasteiger partial charge on any atom is -0.340 e. The van der Waals surface area contributed by atoms with E-state index < -0.39 is 5.54 Å². The Morgan fingerprint density at radius 3 is 2.48 bits per heavy atom. The lowest BCUT2D eigenvalue weighted by Gasteiger charge is -2.42. The molecule has 0 aliphatic carbocycles. The number of nitrogens with two attached hydrogens (primary N) is 1. The van der Waals surface area contributed by atoms with Crippen molar-refractivity contribution in [1.82, 2.24) is 14.5 Å². The molecule has 0 radical (unpaired) electrons. The summed E-state index contributed by atoms with van der Waals surface area (Å²) in [6.45, 7) is 4.86. The van der Waals surface area contributed by atoms with Gasteiger partial charge in [0, 0.05) is 24.3 Å². The summed E-state index contributed by atoms with van der Waals surface area (Å²) in [6, 6.07) is 15.4. The molecule has 0 saturated carbocycles. The third-order valence-corrected chi connectivity index (χ3v) is 5.61. The lowest BCUT2D eigenvalue weighted by atomic mass is 9.99. The Kier molecular flexibility index (Phi) is 5.21. The molecule has 31 heavy (non-hydrogen) atoms. The summed E-state index contributed by atoms with van der Waals surface area (Å²) < 4.78 is 15.6. The third kappa shape index (κ3) is 3.64. The van der Waals surface area contributed by atoms with Gasteiger partial charge < -0.3 is 20.5 Å². The Morgan fingerprint density at radius 2 is 1.87 bits per heavy atom. The van der Waals surface area contributed by atoms with Gasteiger partial charge in [0.25, 0.3) is 0 Å². The van der Waals surface area contributed by atoms with Crippen LogP contribution in [-0.4, -0.2) is 33.4 Å². The summed E-state index contributed by atoms with van der Waals surface area (Å²) in [5.41, 5.74) is 7.73. The number of nitrogens with one attached hydrogen (secondary N) is 1. The number of aromatic nitrogens is 2. The molecule has 0 bridgehead atoms. The summed E-state index contributed by atoms with van der Waals surface area (Å²) in [6.07, 6.45) is 0. The third-order valence-electron chi connectivity index (χ3n) is 5.61. The molecule has 158 valence electrons. The van der Waals surface area contributed by atoms with Gasteiger partial charge in [0.2, 0.25) is 5.91 Å². The van der Waals surface area contributed by atoms with Crippen LogP contribution in [0, 0.1) is 17.1 Å². The molecule has 4 rings (SSSR count). The molecule has 2 aromatic carbocycles. The second-order valence-corrected chi connectivity index (χ2v) is 7.91. The van der Waals surface area contributed by atoms with Crippen LogP contribution in [0.1, 0.15) is 25.2 Å². The highest BCUT2D eigenvalue weighted by atomic mass is 19.1. The zero-order valence-corrected chi connectivity index (χ0v) is 17.4. The first kappa shape index (κ1) is 20.6. The van der Waals surface area contributed by atoms with Crippen LogP contribution in [0.4, 0.5) is 15.9 Å². The van der Waals surface area contributed by atoms with Crippen molar-refractivity contribution in [3.8, 4) is 17.3 Å². The van der Waals surface area contributed by atoms with Crippen molar-refractivity contribution >= 4 is 17.4 Å². The lowest BCUT2D eigenvalue weighted by molar-refractivity contribution is -0.137. The number of fused-ring (bicyclic) bond motifs is 1. The monoisotopic (exact) mass is 418 g/mol. The normalized spacial score (nSPS) is 14.6. The van der Waals surface area contributed by atoms with Gasteiger partial charge in [0.05, 0.1) is 23.7 Å². The highest BCUT2D eigenvalue weighted by molar-refractivity contribution is 5.80. The average Bonchev–Trinajstić information content (AvgIpc) is 3.14. The molecule has 2 heterocycles. The van der Waals surface area contributed by atoms with Gasteiger partial charge in [-0.3, -0.25) is 4.79 Å². The second kappa shape index (κ2) is 7.85. The maximum absolute atomic E-state index is 13.5. The minimum atomic E-state index is -0.673. The summed E-state index contributed by atoms with van der Waals surface area (Å²) in [5.74, 6) is 1.01. The summed E-state index contributed by atoms with van der Waals surface area (Å²) in [7, 11) is 0. The van der Waals surface area contributed by atoms with Crippen LogP contribution < -0.4 is 11.1 Å². The van der Waals surface area contributed by atoms with Crippen LogP contribution in [0.3, 0.4) is 0 Å². The van der Waals surface area contributed by atoms with Crippen molar-refractivity contribution in [1.29, 1.82) is 5.26 Å². The SMILES string of the molecule is CC1(C)c2nc(-c3ccc(F)cc3)c(Nc3ccc(C#N)cc3)n2CCN1C(=O)CN. The van der Waals surface area contributed by atoms with Crippen molar-refractivity contribution in [2.45, 2.75) is 25.9 Å². The fraction of sp³-hybridized carbons (Fsp3) is 0.261. The number of rotatable bonds is 4. The van der Waals surface area contributed by atoms with E-state index in [0.717, 1.165) is 22.9 Å². The van der Waals surface area contributed by atoms with Crippen molar-refractivity contribution in [2.75, 3.05) is 18.4 Å². The van der Waals surface area contributed by atoms with Gasteiger partial charge in [-0.1, -0.05) is 0 Å². The van der Waals surface area contributed by atoms with E-state index >= 15 is 0 Å². The number of amides is 1. The Hall–Kier alpha value is -3.70. The van der Waals surface area contributed by atoms with Crippen LogP contribution in [0.15, 0.2) is 48.5 Å². The number of imidazole rings is 1. The van der Waals surface area contributed by atoms with Crippen molar-refractivity contribution in [2.24, 2.45) is 5.73 Å². The van der Waals surface area contributed by atoms with Gasteiger partial charge in [-0.25, -0.2) is 9.37 Å². The zero-order chi connectivity index (χ0) is 22.2. The average molecular weight is 418 g/mol. The number of hydrogen-bond donors (Lipinski definition) is 2. The predicted molar refractivity (Wildman–Crippen MR) is 116 cm³/mol. The van der Waals surface area contributed by atoms with Crippen LogP contribution >= 0.6 is 0 Å². The Bertz CT molecular complexity index is 1160. The van der Waals surface area contributed by atoms with E-state index in [4.69, 9.17) is 16.0 Å². The molecule has 8 heteroatoms. The van der Waals surface area contributed by atoms with E-state index in [-0.39, 0.29) is 18.3 Å². The van der Waals surface area contributed by atoms with Crippen LogP contribution in [-0.2, 0) is 16.9 Å². The van der Waals surface area contributed by atoms with Gasteiger partial charge >= 0.3 is 0 Å². The molecule has 1 aromatic heterocycles. The van der Waals surface area contributed by atoms with Gasteiger partial charge in [0.15, 0.2) is 0 Å². The van der Waals surface area contributed by atoms with Gasteiger partial charge in [-0.2, -0.15) is 5.26 Å². The lowest BCUT2D eigenvalue weighted by Crippen LogP contribution is -2.53. The zero-order valence-electron chi connectivity index (χ0n) is 17.4. The maximum Gasteiger partial charge on any atom is 0.237 e. The molecular formula is C23H23FN6O. The standard InChI is InChI=1S/C23H23FN6O/c1-23(2)22-28-20(16-5-7-17(24)8-6-16)21(27-18-9-3-15(13-25)4-10-18)29(22)11-12-30(23)19(31)14-26/h3-10,27H,11-12,14,26H2,1-2H3. The quantitative estimate of drug-likeness (QED) is 0.677. The van der Waals surface area contributed by atoms with Crippen molar-refractivity contribution in [3.63, 3.8) is 0 Å². The Morgan fingerprint density at radius 1 is 1.19 bits per heavy atom. The van der Waals surface area contributed by atoms with E-state index in [1.54, 1.807) is 29.2 Å². The summed E-state index contributed by atoms with van der Waals surface area (Å²) >= 11 is 0. The molecule has 1 aliphatic heterocycles. The van der Waals surface area contributed by atoms with E-state index in [1.807, 2.05) is 26.0 Å². The number of benzene rings is 2. The molecule has 0 saturated heterocycles. The van der Waals surface area contributed by atoms with Crippen molar-refractivity contribution < 1.29 is 9.18 Å². The highest BCUT2D eigenvalue weighted by Gasteiger charge is 2.41. The Balaban J connectivity index is 1.84. The van der Waals surface area contributed by atoms with E-state index in [2.05, 4.69) is 16.0 Å². The molecule has 0 atom stereocenters. The fourth-order valence-corrected chi connectivity index (χ4v) is 3.99. The van der Waals surface area contributed by atoms with Crippen molar-refractivity contribution in [3.05, 3.63) is 65.7 Å². The first-order chi connectivity index (χ1) is 14.8. The topological polar surface area (TPSA) is 100.0 Å². The van der Waals surface area contributed by atoms with E-state index in [9.17, 15) is 9.18 Å². The predicted octanol–water partition coefficient (Wildman–Crippen LogP) is 3.34. The largest absolute Gasteiger partial charge is 0.340 e. The number of anilines is 2. The van der Waals surface area contributed by atoms with Crippen LogP contribution in [0.2, 0.25) is 0 Å². The smallest absolute Gasteiger partial charge is 0.237 e. The van der Waals surface area contributed by atoms with Gasteiger partial charge in [-0.05, 0) is 62.4 Å². The molecule has 1 aliphatic rings. The number of nitrogens with zero attached hydrogens (tertiary/aromatic N) is 4. The molecule has 0 spiro atoms. The van der Waals surface area contributed by atoms with Gasteiger partial charge in [0.1, 0.15) is 23.2 Å². The van der Waals surface area contributed by atoms with Crippen LogP contribution in [0.25, 0.3) is 11.3 Å². The first-order valence-corrected chi connectivity index (χ1v) is 10.00. The fourth-order valence-electron chi connectivity index (χ4n) is 3.99. The molecule has 7 nitrogen and oxygen atoms in total. The summed E-state index contributed by atoms with van der Waals surface area (Å²) in [5, 5.41) is 12.5. The molecule has 1 amide bonds. The number of carbonyl (C=O) groups excluding carboxylic acids is 1. The molecule has 0 unspecified atom stereocenters. The Labute approximate surface area is 179 Å². The number of nitriles is 1. The van der Waals surface area contributed by atoms with Gasteiger partial charge in [-0.15, -0.1) is 0 Å². The van der Waals surface area contributed by atoms with E-state index in [1.165, 1.54) is 12.1 Å². The maximum atomic E-state index is 13.5. The van der Waals surface area contributed by atoms with Crippen LogP contribution in [0.5, 0.6) is 0 Å². The minimum absolute atomic E-state index is 0.0642. The first-order valence-electron chi connectivity index (χ1n) is 10.00. The summed E-state index contributed by atoms with van der Waals surface area (Å²) in [4.78, 5) is 19.1. The number of halogens is 1. The van der Waals surface area contributed by atoms with E-state index in [0.29, 0.717) is 24.3 Å². The highest BCUT2D eigenvalue weighted by Crippen LogP contribution is 2.39.